The number of nitrogens with two attached hydrogens (primary N) is 1. The van der Waals surface area contributed by atoms with Gasteiger partial charge in [0.05, 0.1) is 12.0 Å². The molecule has 0 aliphatic heterocycles. The van der Waals surface area contributed by atoms with Gasteiger partial charge in [0.1, 0.15) is 5.25 Å². The van der Waals surface area contributed by atoms with Crippen molar-refractivity contribution in [3.63, 3.8) is 0 Å². The summed E-state index contributed by atoms with van der Waals surface area (Å²) in [6.45, 7) is 1.15. The monoisotopic (exact) mass is 202 g/mol. The predicted molar refractivity (Wildman–Crippen MR) is 40.3 cm³/mol. The van der Waals surface area contributed by atoms with Gasteiger partial charge in [-0.1, -0.05) is 0 Å². The molecular weight excluding hydrogens is 191 g/mol. The van der Waals surface area contributed by atoms with E-state index >= 15 is 0 Å². The van der Waals surface area contributed by atoms with Crippen molar-refractivity contribution in [3.05, 3.63) is 0 Å². The third-order valence-electron chi connectivity index (χ3n) is 1.38. The minimum Gasteiger partial charge on any atom is -1.00 e. The van der Waals surface area contributed by atoms with E-state index in [0.29, 0.717) is 0 Å². The first-order valence-corrected chi connectivity index (χ1v) is 4.49. The van der Waals surface area contributed by atoms with E-state index in [1.54, 1.807) is 6.07 Å². The quantitative estimate of drug-likeness (QED) is 0.364. The van der Waals surface area contributed by atoms with Gasteiger partial charge in [-0.25, -0.2) is 0 Å². The molecule has 0 aromatic carbocycles. The maximum absolute atomic E-state index is 10.5. The Kier molecular flexibility index (Phi) is 7.32. The number of rotatable bonds is 3. The SMILES string of the molecule is CC(C#N)C(CN)S(=O)(=O)O.[H-].[Na+]. The molecule has 0 aliphatic rings. The molecule has 0 fully saturated rings. The van der Waals surface area contributed by atoms with Crippen LogP contribution in [0, 0.1) is 17.2 Å². The van der Waals surface area contributed by atoms with Gasteiger partial charge in [0, 0.05) is 6.54 Å². The molecule has 3 N–H and O–H groups in total. The van der Waals surface area contributed by atoms with Crippen LogP contribution in [0.5, 0.6) is 0 Å². The Bertz CT molecular complexity index is 263. The van der Waals surface area contributed by atoms with Crippen LogP contribution in [0.4, 0.5) is 0 Å². The molecule has 0 spiro atoms. The van der Waals surface area contributed by atoms with Crippen molar-refractivity contribution in [2.75, 3.05) is 6.54 Å². The summed E-state index contributed by atoms with van der Waals surface area (Å²) in [6.07, 6.45) is 0. The molecule has 12 heavy (non-hydrogen) atoms. The largest absolute Gasteiger partial charge is 1.00 e. The first kappa shape index (κ1) is 14.9. The minimum atomic E-state index is -4.17. The van der Waals surface area contributed by atoms with Crippen molar-refractivity contribution in [2.45, 2.75) is 12.2 Å². The third kappa shape index (κ3) is 4.40. The Morgan fingerprint density at radius 3 is 2.25 bits per heavy atom. The summed E-state index contributed by atoms with van der Waals surface area (Å²) in [5, 5.41) is 7.14. The zero-order valence-electron chi connectivity index (χ0n) is 8.06. The summed E-state index contributed by atoms with van der Waals surface area (Å²) < 4.78 is 29.5. The van der Waals surface area contributed by atoms with Gasteiger partial charge in [-0.3, -0.25) is 4.55 Å². The fourth-order valence-corrected chi connectivity index (χ4v) is 1.49. The van der Waals surface area contributed by atoms with Crippen molar-refractivity contribution in [3.8, 4) is 6.07 Å². The van der Waals surface area contributed by atoms with E-state index in [1.807, 2.05) is 0 Å². The molecule has 0 saturated carbocycles. The summed E-state index contributed by atoms with van der Waals surface area (Å²) in [5.41, 5.74) is 5.05. The van der Waals surface area contributed by atoms with Crippen LogP contribution < -0.4 is 35.3 Å². The molecule has 0 saturated heterocycles. The smallest absolute Gasteiger partial charge is 1.00 e. The molecule has 2 atom stereocenters. The second-order valence-electron chi connectivity index (χ2n) is 2.21. The number of hydrogen-bond donors (Lipinski definition) is 2. The van der Waals surface area contributed by atoms with Gasteiger partial charge in [-0.2, -0.15) is 13.7 Å². The van der Waals surface area contributed by atoms with E-state index in [-0.39, 0.29) is 37.5 Å². The van der Waals surface area contributed by atoms with Crippen molar-refractivity contribution in [2.24, 2.45) is 11.7 Å². The van der Waals surface area contributed by atoms with Crippen LogP contribution in [0.1, 0.15) is 8.35 Å². The van der Waals surface area contributed by atoms with Crippen molar-refractivity contribution >= 4 is 10.1 Å². The molecule has 0 aromatic heterocycles. The number of hydrogen-bond acceptors (Lipinski definition) is 4. The van der Waals surface area contributed by atoms with Crippen LogP contribution >= 0.6 is 0 Å². The Labute approximate surface area is 95.5 Å². The Morgan fingerprint density at radius 2 is 2.17 bits per heavy atom. The van der Waals surface area contributed by atoms with Gasteiger partial charge < -0.3 is 7.16 Å². The van der Waals surface area contributed by atoms with Crippen molar-refractivity contribution < 1.29 is 44.0 Å². The Morgan fingerprint density at radius 1 is 1.75 bits per heavy atom. The topological polar surface area (TPSA) is 104 Å². The fraction of sp³-hybridized carbons (Fsp3) is 0.800. The molecule has 0 rings (SSSR count). The second kappa shape index (κ2) is 5.91. The zero-order valence-corrected chi connectivity index (χ0v) is 9.87. The van der Waals surface area contributed by atoms with E-state index in [2.05, 4.69) is 0 Å². The minimum absolute atomic E-state index is 0. The first-order valence-electron chi connectivity index (χ1n) is 2.99. The summed E-state index contributed by atoms with van der Waals surface area (Å²) in [6, 6.07) is 1.70. The number of nitriles is 1. The summed E-state index contributed by atoms with van der Waals surface area (Å²) in [5.74, 6) is -0.782. The number of nitrogens with zero attached hydrogens (tertiary/aromatic N) is 1. The maximum atomic E-state index is 10.5. The molecule has 0 amide bonds. The second-order valence-corrected chi connectivity index (χ2v) is 3.84. The molecule has 0 heterocycles. The molecule has 66 valence electrons. The first-order chi connectivity index (χ1) is 4.93. The molecule has 7 heteroatoms. The van der Waals surface area contributed by atoms with E-state index < -0.39 is 21.3 Å². The summed E-state index contributed by atoms with van der Waals surface area (Å²) >= 11 is 0. The Balaban J connectivity index is -0.000000500. The van der Waals surface area contributed by atoms with Gasteiger partial charge in [0.25, 0.3) is 10.1 Å². The van der Waals surface area contributed by atoms with Crippen LogP contribution in [-0.4, -0.2) is 24.8 Å². The van der Waals surface area contributed by atoms with Crippen LogP contribution in [0.15, 0.2) is 0 Å². The third-order valence-corrected chi connectivity index (χ3v) is 2.74. The van der Waals surface area contributed by atoms with E-state index in [9.17, 15) is 8.42 Å². The van der Waals surface area contributed by atoms with E-state index in [0.717, 1.165) is 0 Å². The van der Waals surface area contributed by atoms with Crippen LogP contribution in [-0.2, 0) is 10.1 Å². The maximum Gasteiger partial charge on any atom is 1.00 e. The predicted octanol–water partition coefficient (Wildman–Crippen LogP) is -3.52. The summed E-state index contributed by atoms with van der Waals surface area (Å²) in [4.78, 5) is 0. The van der Waals surface area contributed by atoms with Crippen molar-refractivity contribution in [1.29, 1.82) is 5.26 Å². The molecule has 0 aromatic rings. The van der Waals surface area contributed by atoms with Gasteiger partial charge in [-0.15, -0.1) is 0 Å². The average Bonchev–Trinajstić information content (AvgIpc) is 1.86. The normalized spacial score (nSPS) is 15.5. The van der Waals surface area contributed by atoms with E-state index in [4.69, 9.17) is 15.5 Å². The molecular formula is C5H11N2NaO3S. The van der Waals surface area contributed by atoms with Gasteiger partial charge >= 0.3 is 29.6 Å². The molecule has 0 bridgehead atoms. The van der Waals surface area contributed by atoms with Gasteiger partial charge in [0.2, 0.25) is 0 Å². The molecule has 0 radical (unpaired) electrons. The molecule has 2 unspecified atom stereocenters. The van der Waals surface area contributed by atoms with Crippen LogP contribution in [0.25, 0.3) is 0 Å². The zero-order chi connectivity index (χ0) is 9.07. The fourth-order valence-electron chi connectivity index (χ4n) is 0.667. The van der Waals surface area contributed by atoms with Gasteiger partial charge in [-0.05, 0) is 6.92 Å². The van der Waals surface area contributed by atoms with Crippen LogP contribution in [0.2, 0.25) is 0 Å². The molecule has 0 aliphatic carbocycles. The average molecular weight is 202 g/mol. The van der Waals surface area contributed by atoms with E-state index in [1.165, 1.54) is 6.92 Å². The Hall–Kier alpha value is 0.360. The summed E-state index contributed by atoms with van der Waals surface area (Å²) in [7, 11) is -4.17. The standard InChI is InChI=1S/C5H10N2O3S.Na.H/c1-4(2-6)5(3-7)11(8,9)10;;/h4-5H,3,7H2,1H3,(H,8,9,10);;/q;+1;-1. The molecule has 5 nitrogen and oxygen atoms in total. The van der Waals surface area contributed by atoms with Crippen LogP contribution in [0.3, 0.4) is 0 Å². The van der Waals surface area contributed by atoms with Gasteiger partial charge in [0.15, 0.2) is 0 Å². The van der Waals surface area contributed by atoms with Crippen molar-refractivity contribution in [1.82, 2.24) is 0 Å².